The zero-order valence-electron chi connectivity index (χ0n) is 11.6. The van der Waals surface area contributed by atoms with Crippen molar-refractivity contribution in [2.24, 2.45) is 5.92 Å². The Bertz CT molecular complexity index is 465. The zero-order chi connectivity index (χ0) is 14.4. The summed E-state index contributed by atoms with van der Waals surface area (Å²) in [6.07, 6.45) is 2.02. The third kappa shape index (κ3) is 4.35. The second-order valence-electron chi connectivity index (χ2n) is 5.03. The maximum atomic E-state index is 11.7. The number of ether oxygens (including phenoxy) is 1. The van der Waals surface area contributed by atoms with Crippen LogP contribution < -0.4 is 10.6 Å². The molecule has 0 spiro atoms. The summed E-state index contributed by atoms with van der Waals surface area (Å²) in [6.45, 7) is 3.79. The van der Waals surface area contributed by atoms with Gasteiger partial charge in [-0.1, -0.05) is 0 Å². The zero-order valence-corrected chi connectivity index (χ0v) is 11.6. The van der Waals surface area contributed by atoms with E-state index in [2.05, 4.69) is 10.6 Å². The lowest BCUT2D eigenvalue weighted by molar-refractivity contribution is 0.101. The van der Waals surface area contributed by atoms with E-state index in [-0.39, 0.29) is 11.8 Å². The Kier molecular flexibility index (Phi) is 5.12. The normalized spacial score (nSPS) is 17.8. The van der Waals surface area contributed by atoms with Crippen LogP contribution >= 0.6 is 0 Å². The van der Waals surface area contributed by atoms with Crippen LogP contribution in [0.25, 0.3) is 0 Å². The number of carbonyl (C=O) groups is 2. The summed E-state index contributed by atoms with van der Waals surface area (Å²) in [5.41, 5.74) is 1.31. The van der Waals surface area contributed by atoms with E-state index in [1.807, 2.05) is 0 Å². The van der Waals surface area contributed by atoms with Crippen molar-refractivity contribution in [1.82, 2.24) is 5.32 Å². The van der Waals surface area contributed by atoms with Gasteiger partial charge in [0, 0.05) is 31.0 Å². The molecule has 0 saturated carbocycles. The van der Waals surface area contributed by atoms with E-state index in [1.165, 1.54) is 6.92 Å². The minimum Gasteiger partial charge on any atom is -0.381 e. The highest BCUT2D eigenvalue weighted by molar-refractivity contribution is 5.95. The lowest BCUT2D eigenvalue weighted by atomic mass is 10.1. The number of hydrogen-bond acceptors (Lipinski definition) is 3. The Labute approximate surface area is 118 Å². The molecule has 1 aromatic rings. The number of benzene rings is 1. The van der Waals surface area contributed by atoms with Crippen molar-refractivity contribution in [3.8, 4) is 0 Å². The maximum Gasteiger partial charge on any atom is 0.319 e. The fourth-order valence-electron chi connectivity index (χ4n) is 2.16. The molecule has 0 radical (unpaired) electrons. The van der Waals surface area contributed by atoms with E-state index in [9.17, 15) is 9.59 Å². The smallest absolute Gasteiger partial charge is 0.319 e. The minimum absolute atomic E-state index is 0.0137. The van der Waals surface area contributed by atoms with Crippen molar-refractivity contribution in [3.05, 3.63) is 29.8 Å². The molecule has 2 N–H and O–H groups in total. The number of anilines is 1. The number of nitrogens with one attached hydrogen (secondary N) is 2. The Balaban J connectivity index is 1.71. The van der Waals surface area contributed by atoms with Gasteiger partial charge in [0.05, 0.1) is 0 Å². The molecule has 1 aromatic carbocycles. The van der Waals surface area contributed by atoms with Gasteiger partial charge < -0.3 is 15.4 Å². The van der Waals surface area contributed by atoms with Gasteiger partial charge in [-0.25, -0.2) is 4.79 Å². The van der Waals surface area contributed by atoms with Gasteiger partial charge in [0.1, 0.15) is 0 Å². The van der Waals surface area contributed by atoms with Crippen molar-refractivity contribution in [1.29, 1.82) is 0 Å². The second kappa shape index (κ2) is 7.05. The molecule has 0 bridgehead atoms. The summed E-state index contributed by atoms with van der Waals surface area (Å²) in [5, 5.41) is 5.56. The number of urea groups is 1. The molecule has 5 nitrogen and oxygen atoms in total. The number of carbonyl (C=O) groups excluding carboxylic acids is 2. The first-order valence-corrected chi connectivity index (χ1v) is 6.89. The van der Waals surface area contributed by atoms with Gasteiger partial charge in [0.25, 0.3) is 0 Å². The molecule has 2 rings (SSSR count). The molecule has 20 heavy (non-hydrogen) atoms. The highest BCUT2D eigenvalue weighted by atomic mass is 16.5. The molecular formula is C15H20N2O3. The molecule has 1 atom stereocenters. The highest BCUT2D eigenvalue weighted by Gasteiger charge is 2.15. The van der Waals surface area contributed by atoms with Crippen molar-refractivity contribution in [2.45, 2.75) is 19.8 Å². The lowest BCUT2D eigenvalue weighted by Crippen LogP contribution is -2.30. The van der Waals surface area contributed by atoms with Crippen LogP contribution in [0.4, 0.5) is 10.5 Å². The molecular weight excluding hydrogens is 256 g/mol. The third-order valence-electron chi connectivity index (χ3n) is 3.41. The van der Waals surface area contributed by atoms with Crippen molar-refractivity contribution >= 4 is 17.5 Å². The average molecular weight is 276 g/mol. The summed E-state index contributed by atoms with van der Waals surface area (Å²) in [4.78, 5) is 22.8. The average Bonchev–Trinajstić information content (AvgIpc) is 2.92. The van der Waals surface area contributed by atoms with Crippen LogP contribution in [0.1, 0.15) is 30.1 Å². The van der Waals surface area contributed by atoms with Crippen LogP contribution in [-0.4, -0.2) is 31.6 Å². The van der Waals surface area contributed by atoms with Crippen LogP contribution in [0.15, 0.2) is 24.3 Å². The number of amides is 2. The Morgan fingerprint density at radius 3 is 2.65 bits per heavy atom. The first kappa shape index (κ1) is 14.5. The Morgan fingerprint density at radius 2 is 2.05 bits per heavy atom. The van der Waals surface area contributed by atoms with E-state index in [4.69, 9.17) is 4.74 Å². The summed E-state index contributed by atoms with van der Waals surface area (Å²) in [7, 11) is 0. The number of Topliss-reactive ketones (excluding diaryl/α,β-unsaturated/α-hetero) is 1. The van der Waals surface area contributed by atoms with Gasteiger partial charge in [-0.15, -0.1) is 0 Å². The molecule has 108 valence electrons. The van der Waals surface area contributed by atoms with Crippen LogP contribution in [0.2, 0.25) is 0 Å². The standard InChI is InChI=1S/C15H20N2O3/c1-11(18)13-2-4-14(5-3-13)17-15(19)16-8-6-12-7-9-20-10-12/h2-5,12H,6-10H2,1H3,(H2,16,17,19). The van der Waals surface area contributed by atoms with Crippen LogP contribution in [-0.2, 0) is 4.74 Å². The second-order valence-corrected chi connectivity index (χ2v) is 5.03. The van der Waals surface area contributed by atoms with Crippen LogP contribution in [0.5, 0.6) is 0 Å². The lowest BCUT2D eigenvalue weighted by Gasteiger charge is -2.10. The molecule has 0 aliphatic carbocycles. The fourth-order valence-corrected chi connectivity index (χ4v) is 2.16. The minimum atomic E-state index is -0.223. The molecule has 5 heteroatoms. The van der Waals surface area contributed by atoms with E-state index in [0.29, 0.717) is 23.7 Å². The first-order chi connectivity index (χ1) is 9.65. The molecule has 2 amide bonds. The topological polar surface area (TPSA) is 67.4 Å². The van der Waals surface area contributed by atoms with Gasteiger partial charge in [0.2, 0.25) is 0 Å². The molecule has 1 aliphatic rings. The quantitative estimate of drug-likeness (QED) is 0.812. The van der Waals surface area contributed by atoms with Gasteiger partial charge >= 0.3 is 6.03 Å². The van der Waals surface area contributed by atoms with Crippen molar-refractivity contribution < 1.29 is 14.3 Å². The molecule has 1 fully saturated rings. The largest absolute Gasteiger partial charge is 0.381 e. The predicted octanol–water partition coefficient (Wildman–Crippen LogP) is 2.44. The monoisotopic (exact) mass is 276 g/mol. The van der Waals surface area contributed by atoms with E-state index in [1.54, 1.807) is 24.3 Å². The number of rotatable bonds is 5. The Hall–Kier alpha value is -1.88. The van der Waals surface area contributed by atoms with Crippen molar-refractivity contribution in [2.75, 3.05) is 25.1 Å². The predicted molar refractivity (Wildman–Crippen MR) is 77.0 cm³/mol. The van der Waals surface area contributed by atoms with Crippen LogP contribution in [0.3, 0.4) is 0 Å². The molecule has 1 unspecified atom stereocenters. The number of hydrogen-bond donors (Lipinski definition) is 2. The number of ketones is 1. The molecule has 1 saturated heterocycles. The fraction of sp³-hybridized carbons (Fsp3) is 0.467. The third-order valence-corrected chi connectivity index (χ3v) is 3.41. The first-order valence-electron chi connectivity index (χ1n) is 6.89. The van der Waals surface area contributed by atoms with Gasteiger partial charge in [-0.2, -0.15) is 0 Å². The summed E-state index contributed by atoms with van der Waals surface area (Å²) in [5.74, 6) is 0.574. The van der Waals surface area contributed by atoms with Gasteiger partial charge in [-0.05, 0) is 49.9 Å². The molecule has 1 heterocycles. The molecule has 0 aromatic heterocycles. The summed E-state index contributed by atoms with van der Waals surface area (Å²) >= 11 is 0. The molecule has 1 aliphatic heterocycles. The van der Waals surface area contributed by atoms with E-state index in [0.717, 1.165) is 26.1 Å². The SMILES string of the molecule is CC(=O)c1ccc(NC(=O)NCCC2CCOC2)cc1. The van der Waals surface area contributed by atoms with Crippen molar-refractivity contribution in [3.63, 3.8) is 0 Å². The summed E-state index contributed by atoms with van der Waals surface area (Å²) in [6, 6.07) is 6.63. The van der Waals surface area contributed by atoms with Crippen LogP contribution in [0, 0.1) is 5.92 Å². The van der Waals surface area contributed by atoms with E-state index >= 15 is 0 Å². The van der Waals surface area contributed by atoms with E-state index < -0.39 is 0 Å². The maximum absolute atomic E-state index is 11.7. The highest BCUT2D eigenvalue weighted by Crippen LogP contribution is 2.15. The van der Waals surface area contributed by atoms with Gasteiger partial charge in [0.15, 0.2) is 5.78 Å². The van der Waals surface area contributed by atoms with Gasteiger partial charge in [-0.3, -0.25) is 4.79 Å². The summed E-state index contributed by atoms with van der Waals surface area (Å²) < 4.78 is 5.28. The Morgan fingerprint density at radius 1 is 1.30 bits per heavy atom.